The maximum absolute atomic E-state index is 10.0. The van der Waals surface area contributed by atoms with Gasteiger partial charge in [-0.1, -0.05) is 26.7 Å². The average Bonchev–Trinajstić information content (AvgIpc) is 2.70. The lowest BCUT2D eigenvalue weighted by molar-refractivity contribution is 0.344. The van der Waals surface area contributed by atoms with Gasteiger partial charge in [-0.2, -0.15) is 0 Å². The Morgan fingerprint density at radius 3 is 1.27 bits per heavy atom. The first-order valence-electron chi connectivity index (χ1n) is 11.5. The molecule has 164 valence electrons. The van der Waals surface area contributed by atoms with Crippen molar-refractivity contribution >= 4 is 11.4 Å². The molecule has 1 saturated heterocycles. The number of hydrogen-bond donors (Lipinski definition) is 2. The lowest BCUT2D eigenvalue weighted by Crippen LogP contribution is -2.66. The van der Waals surface area contributed by atoms with Gasteiger partial charge in [-0.25, -0.2) is 0 Å². The second-order valence-corrected chi connectivity index (χ2v) is 8.90. The number of aromatic hydroxyl groups is 2. The zero-order valence-corrected chi connectivity index (χ0v) is 19.4. The first-order chi connectivity index (χ1) is 14.3. The number of aryl methyl sites for hydroxylation is 2. The maximum atomic E-state index is 10.0. The van der Waals surface area contributed by atoms with E-state index < -0.39 is 0 Å². The molecule has 1 aliphatic rings. The molecule has 1 aliphatic heterocycles. The van der Waals surface area contributed by atoms with E-state index in [1.165, 1.54) is 22.5 Å². The van der Waals surface area contributed by atoms with E-state index in [4.69, 9.17) is 0 Å². The number of phenolic OH excluding ortho intramolecular Hbond substituents is 2. The first-order valence-corrected chi connectivity index (χ1v) is 11.5. The third-order valence-corrected chi connectivity index (χ3v) is 6.87. The molecule has 0 aromatic heterocycles. The minimum atomic E-state index is 0.305. The number of nitrogens with zero attached hydrogens (tertiary/aromatic N) is 2. The van der Waals surface area contributed by atoms with Crippen molar-refractivity contribution in [3.63, 3.8) is 0 Å². The number of anilines is 2. The Bertz CT molecular complexity index is 779. The van der Waals surface area contributed by atoms with Crippen LogP contribution in [-0.4, -0.2) is 34.4 Å². The molecule has 1 heterocycles. The Balaban J connectivity index is 2.02. The van der Waals surface area contributed by atoms with Crippen molar-refractivity contribution in [2.24, 2.45) is 0 Å². The van der Waals surface area contributed by atoms with Gasteiger partial charge in [0.2, 0.25) is 0 Å². The van der Waals surface area contributed by atoms with Crippen LogP contribution in [0, 0.1) is 0 Å². The minimum Gasteiger partial charge on any atom is -0.508 e. The molecule has 30 heavy (non-hydrogen) atoms. The monoisotopic (exact) mass is 410 g/mol. The summed E-state index contributed by atoms with van der Waals surface area (Å²) >= 11 is 0. The molecule has 0 amide bonds. The molecule has 0 saturated carbocycles. The van der Waals surface area contributed by atoms with Gasteiger partial charge in [0.15, 0.2) is 0 Å². The second kappa shape index (κ2) is 9.20. The molecule has 4 unspecified atom stereocenters. The highest BCUT2D eigenvalue weighted by atomic mass is 16.3. The van der Waals surface area contributed by atoms with Gasteiger partial charge in [0.25, 0.3) is 0 Å². The molecule has 2 aromatic carbocycles. The Labute approximate surface area is 182 Å². The summed E-state index contributed by atoms with van der Waals surface area (Å²) in [5, 5.41) is 20.1. The summed E-state index contributed by atoms with van der Waals surface area (Å²) in [5.74, 6) is 0.686. The smallest absolute Gasteiger partial charge is 0.116 e. The van der Waals surface area contributed by atoms with Crippen molar-refractivity contribution in [1.82, 2.24) is 0 Å². The third kappa shape index (κ3) is 4.10. The lowest BCUT2D eigenvalue weighted by Gasteiger charge is -2.55. The van der Waals surface area contributed by atoms with Crippen molar-refractivity contribution in [1.29, 1.82) is 0 Å². The van der Waals surface area contributed by atoms with Crippen LogP contribution in [0.4, 0.5) is 11.4 Å². The van der Waals surface area contributed by atoms with Gasteiger partial charge in [-0.05, 0) is 88.1 Å². The molecule has 0 bridgehead atoms. The summed E-state index contributed by atoms with van der Waals surface area (Å²) in [4.78, 5) is 5.10. The summed E-state index contributed by atoms with van der Waals surface area (Å²) < 4.78 is 0. The maximum Gasteiger partial charge on any atom is 0.116 e. The van der Waals surface area contributed by atoms with E-state index in [1.807, 2.05) is 24.3 Å². The van der Waals surface area contributed by atoms with Crippen LogP contribution in [0.5, 0.6) is 11.5 Å². The Hall–Kier alpha value is -2.36. The molecule has 2 aromatic rings. The summed E-state index contributed by atoms with van der Waals surface area (Å²) in [6.07, 6.45) is 4.03. The van der Waals surface area contributed by atoms with Crippen LogP contribution in [0.1, 0.15) is 65.5 Å². The predicted molar refractivity (Wildman–Crippen MR) is 127 cm³/mol. The van der Waals surface area contributed by atoms with Gasteiger partial charge < -0.3 is 20.0 Å². The number of hydrogen-bond acceptors (Lipinski definition) is 4. The summed E-state index contributed by atoms with van der Waals surface area (Å²) in [7, 11) is 0. The van der Waals surface area contributed by atoms with Crippen molar-refractivity contribution in [3.8, 4) is 11.5 Å². The summed E-state index contributed by atoms with van der Waals surface area (Å²) in [5.41, 5.74) is 4.93. The van der Waals surface area contributed by atoms with Gasteiger partial charge in [-0.15, -0.1) is 0 Å². The zero-order chi connectivity index (χ0) is 22.0. The van der Waals surface area contributed by atoms with Crippen molar-refractivity contribution in [2.45, 2.75) is 91.4 Å². The fourth-order valence-electron chi connectivity index (χ4n) is 5.14. The Morgan fingerprint density at radius 1 is 0.633 bits per heavy atom. The SMILES string of the molecule is CCCc1cc(O)ccc1N1C(C)C(C)N(c2ccc(O)cc2CCC)C(C)C1C. The van der Waals surface area contributed by atoms with Gasteiger partial charge in [0, 0.05) is 35.5 Å². The van der Waals surface area contributed by atoms with Crippen LogP contribution < -0.4 is 9.80 Å². The largest absolute Gasteiger partial charge is 0.508 e. The lowest BCUT2D eigenvalue weighted by atomic mass is 9.90. The molecule has 4 atom stereocenters. The first kappa shape index (κ1) is 22.3. The van der Waals surface area contributed by atoms with E-state index >= 15 is 0 Å². The highest BCUT2D eigenvalue weighted by molar-refractivity contribution is 5.63. The van der Waals surface area contributed by atoms with Crippen LogP contribution in [0.25, 0.3) is 0 Å². The fourth-order valence-corrected chi connectivity index (χ4v) is 5.14. The molecule has 0 aliphatic carbocycles. The van der Waals surface area contributed by atoms with Crippen LogP contribution in [0.15, 0.2) is 36.4 Å². The topological polar surface area (TPSA) is 46.9 Å². The van der Waals surface area contributed by atoms with E-state index in [0.29, 0.717) is 35.7 Å². The fraction of sp³-hybridized carbons (Fsp3) is 0.538. The minimum absolute atomic E-state index is 0.305. The molecule has 4 nitrogen and oxygen atoms in total. The van der Waals surface area contributed by atoms with Crippen molar-refractivity contribution in [3.05, 3.63) is 47.5 Å². The molecular weight excluding hydrogens is 372 g/mol. The van der Waals surface area contributed by atoms with Gasteiger partial charge in [0.05, 0.1) is 0 Å². The van der Waals surface area contributed by atoms with Gasteiger partial charge >= 0.3 is 0 Å². The van der Waals surface area contributed by atoms with Crippen LogP contribution in [0.2, 0.25) is 0 Å². The Kier molecular flexibility index (Phi) is 6.84. The van der Waals surface area contributed by atoms with E-state index in [-0.39, 0.29) is 0 Å². The third-order valence-electron chi connectivity index (χ3n) is 6.87. The van der Waals surface area contributed by atoms with Gasteiger partial charge in [0.1, 0.15) is 11.5 Å². The van der Waals surface area contributed by atoms with Crippen molar-refractivity contribution in [2.75, 3.05) is 9.80 Å². The normalized spacial score (nSPS) is 24.3. The number of phenols is 2. The molecule has 2 N–H and O–H groups in total. The van der Waals surface area contributed by atoms with Crippen LogP contribution >= 0.6 is 0 Å². The van der Waals surface area contributed by atoms with E-state index in [2.05, 4.69) is 63.5 Å². The quantitative estimate of drug-likeness (QED) is 0.624. The van der Waals surface area contributed by atoms with Crippen molar-refractivity contribution < 1.29 is 10.2 Å². The molecular formula is C26H38N2O2. The summed E-state index contributed by atoms with van der Waals surface area (Å²) in [6.45, 7) is 13.6. The molecule has 3 rings (SSSR count). The number of piperazine rings is 1. The summed E-state index contributed by atoms with van der Waals surface area (Å²) in [6, 6.07) is 12.9. The zero-order valence-electron chi connectivity index (χ0n) is 19.4. The molecule has 1 fully saturated rings. The number of rotatable bonds is 6. The van der Waals surface area contributed by atoms with Crippen LogP contribution in [0.3, 0.4) is 0 Å². The molecule has 0 spiro atoms. The highest BCUT2D eigenvalue weighted by Gasteiger charge is 2.41. The predicted octanol–water partition coefficient (Wildman–Crippen LogP) is 5.88. The van der Waals surface area contributed by atoms with Gasteiger partial charge in [-0.3, -0.25) is 0 Å². The molecule has 4 heteroatoms. The highest BCUT2D eigenvalue weighted by Crippen LogP contribution is 2.39. The number of benzene rings is 2. The van der Waals surface area contributed by atoms with Crippen LogP contribution in [-0.2, 0) is 12.8 Å². The second-order valence-electron chi connectivity index (χ2n) is 8.90. The Morgan fingerprint density at radius 2 is 0.967 bits per heavy atom. The average molecular weight is 411 g/mol. The molecule has 0 radical (unpaired) electrons. The van der Waals surface area contributed by atoms with E-state index in [9.17, 15) is 10.2 Å². The van der Waals surface area contributed by atoms with E-state index in [0.717, 1.165) is 25.7 Å². The van der Waals surface area contributed by atoms with E-state index in [1.54, 1.807) is 0 Å². The standard InChI is InChI=1S/C26H38N2O2/c1-7-9-21-15-23(29)11-13-25(21)27-17(3)19(5)28(20(6)18(27)4)26-14-12-24(30)16-22(26)10-8-2/h11-20,29-30H,7-10H2,1-6H3.